The molecule has 2 aliphatic rings. The summed E-state index contributed by atoms with van der Waals surface area (Å²) in [6.07, 6.45) is -5.26. The van der Waals surface area contributed by atoms with Gasteiger partial charge in [-0.25, -0.2) is 14.4 Å². The maximum absolute atomic E-state index is 10.6. The minimum atomic E-state index is -5.08. The van der Waals surface area contributed by atoms with E-state index in [0.29, 0.717) is 12.6 Å². The van der Waals surface area contributed by atoms with Crippen molar-refractivity contribution >= 4 is 17.9 Å². The second-order valence-electron chi connectivity index (χ2n) is 8.95. The van der Waals surface area contributed by atoms with Gasteiger partial charge in [0.15, 0.2) is 0 Å². The zero-order valence-corrected chi connectivity index (χ0v) is 22.7. The van der Waals surface area contributed by atoms with Gasteiger partial charge in [0.1, 0.15) is 6.10 Å². The third-order valence-corrected chi connectivity index (χ3v) is 5.63. The molecule has 2 fully saturated rings. The summed E-state index contributed by atoms with van der Waals surface area (Å²) in [5.41, 5.74) is 2.40. The van der Waals surface area contributed by atoms with Crippen LogP contribution in [0.5, 0.6) is 0 Å². The van der Waals surface area contributed by atoms with Crippen LogP contribution in [0, 0.1) is 0 Å². The summed E-state index contributed by atoms with van der Waals surface area (Å²) in [6, 6.07) is 8.58. The number of hydrogen-bond donors (Lipinski definition) is 3. The highest BCUT2D eigenvalue weighted by atomic mass is 19.4. The van der Waals surface area contributed by atoms with Crippen LogP contribution in [0.1, 0.15) is 24.0 Å². The zero-order valence-electron chi connectivity index (χ0n) is 22.7. The maximum atomic E-state index is 10.6. The number of carboxylic acid groups (broad SMARTS) is 3. The Labute approximate surface area is 248 Å². The Bertz CT molecular complexity index is 1140. The topological polar surface area (TPSA) is 159 Å². The predicted molar refractivity (Wildman–Crippen MR) is 131 cm³/mol. The molecule has 0 aliphatic carbocycles. The molecular weight excluding hydrogens is 641 g/mol. The molecule has 11 nitrogen and oxygen atoms in total. The molecule has 0 amide bonds. The number of aliphatic carboxylic acids is 3. The molecule has 3 atom stereocenters. The molecule has 4 rings (SSSR count). The number of ether oxygens (including phenoxy) is 2. The monoisotopic (exact) mass is 667 g/mol. The van der Waals surface area contributed by atoms with E-state index >= 15 is 0 Å². The van der Waals surface area contributed by atoms with Gasteiger partial charge in [-0.05, 0) is 42.2 Å². The summed E-state index contributed by atoms with van der Waals surface area (Å²) in [7, 11) is 0. The number of hydrogen-bond acceptors (Lipinski definition) is 8. The van der Waals surface area contributed by atoms with Crippen molar-refractivity contribution in [3.05, 3.63) is 60.2 Å². The molecule has 0 radical (unpaired) electrons. The SMILES string of the molecule is O=C(O)C(F)(F)F.O=C(O)C(F)(F)F.O=C(O)C(F)(F)F.c1cncc(CN2C[C@H](OCc3ccncc3)[C@H]3OCCC[C@H]32)c1. The predicted octanol–water partition coefficient (Wildman–Crippen LogP) is 4.33. The Morgan fingerprint density at radius 2 is 1.33 bits per heavy atom. The van der Waals surface area contributed by atoms with Crippen LogP contribution in [-0.4, -0.2) is 98.0 Å². The third-order valence-electron chi connectivity index (χ3n) is 5.63. The second-order valence-corrected chi connectivity index (χ2v) is 8.95. The minimum Gasteiger partial charge on any atom is -0.475 e. The first-order valence-electron chi connectivity index (χ1n) is 12.4. The van der Waals surface area contributed by atoms with Gasteiger partial charge in [-0.3, -0.25) is 14.9 Å². The van der Waals surface area contributed by atoms with Crippen molar-refractivity contribution < 1.29 is 78.7 Å². The molecular formula is C25H26F9N3O8. The average Bonchev–Trinajstić information content (AvgIpc) is 3.29. The van der Waals surface area contributed by atoms with E-state index in [4.69, 9.17) is 39.2 Å². The Balaban J connectivity index is 0.000000396. The Kier molecular flexibility index (Phi) is 15.1. The smallest absolute Gasteiger partial charge is 0.475 e. The summed E-state index contributed by atoms with van der Waals surface area (Å²) in [5, 5.41) is 21.4. The number of likely N-dealkylation sites (tertiary alicyclic amines) is 1. The van der Waals surface area contributed by atoms with E-state index in [9.17, 15) is 39.5 Å². The largest absolute Gasteiger partial charge is 0.490 e. The number of rotatable bonds is 5. The molecule has 0 unspecified atom stereocenters. The summed E-state index contributed by atoms with van der Waals surface area (Å²) in [5.74, 6) is -8.27. The van der Waals surface area contributed by atoms with E-state index < -0.39 is 36.4 Å². The fourth-order valence-corrected chi connectivity index (χ4v) is 3.74. The number of carboxylic acids is 3. The fraction of sp³-hybridized carbons (Fsp3) is 0.480. The zero-order chi connectivity index (χ0) is 34.4. The fourth-order valence-electron chi connectivity index (χ4n) is 3.74. The van der Waals surface area contributed by atoms with Crippen molar-refractivity contribution in [1.29, 1.82) is 0 Å². The van der Waals surface area contributed by atoms with Gasteiger partial charge in [0.2, 0.25) is 0 Å². The molecule has 2 aromatic rings. The number of pyridine rings is 2. The molecule has 3 N–H and O–H groups in total. The lowest BCUT2D eigenvalue weighted by Gasteiger charge is -2.32. The van der Waals surface area contributed by atoms with Crippen LogP contribution in [0.2, 0.25) is 0 Å². The van der Waals surface area contributed by atoms with E-state index in [0.717, 1.165) is 31.7 Å². The number of alkyl halides is 9. The highest BCUT2D eigenvalue weighted by molar-refractivity contribution is 5.73. The normalized spacial score (nSPS) is 19.7. The molecule has 2 aliphatic heterocycles. The molecule has 252 valence electrons. The lowest BCUT2D eigenvalue weighted by Crippen LogP contribution is -2.41. The van der Waals surface area contributed by atoms with Crippen LogP contribution < -0.4 is 0 Å². The Morgan fingerprint density at radius 3 is 1.78 bits per heavy atom. The van der Waals surface area contributed by atoms with E-state index in [1.165, 1.54) is 12.0 Å². The first-order valence-corrected chi connectivity index (χ1v) is 12.4. The maximum Gasteiger partial charge on any atom is 0.490 e. The molecule has 0 spiro atoms. The van der Waals surface area contributed by atoms with Crippen LogP contribution in [0.3, 0.4) is 0 Å². The van der Waals surface area contributed by atoms with Gasteiger partial charge >= 0.3 is 36.4 Å². The van der Waals surface area contributed by atoms with Crippen LogP contribution >= 0.6 is 0 Å². The summed E-state index contributed by atoms with van der Waals surface area (Å²) >= 11 is 0. The summed E-state index contributed by atoms with van der Waals surface area (Å²) in [6.45, 7) is 3.28. The first kappa shape index (κ1) is 39.0. The van der Waals surface area contributed by atoms with Crippen LogP contribution in [0.25, 0.3) is 0 Å². The second kappa shape index (κ2) is 17.4. The van der Waals surface area contributed by atoms with Gasteiger partial charge < -0.3 is 24.8 Å². The standard InChI is InChI=1S/C19H23N3O2.3C2HF3O2/c1-3-16(11-21-7-1)12-22-13-18(19-17(22)4-2-10-23-19)24-14-15-5-8-20-9-6-15;3*3-2(4,5)1(6)7/h1,3,5-9,11,17-19H,2,4,10,12-14H2;3*(H,6,7)/t17-,18+,19+;;;/m1.../s1. The van der Waals surface area contributed by atoms with Gasteiger partial charge in [-0.2, -0.15) is 39.5 Å². The summed E-state index contributed by atoms with van der Waals surface area (Å²) in [4.78, 5) is 37.5. The third kappa shape index (κ3) is 15.0. The van der Waals surface area contributed by atoms with Gasteiger partial charge in [0, 0.05) is 50.5 Å². The van der Waals surface area contributed by atoms with Crippen molar-refractivity contribution in [2.24, 2.45) is 0 Å². The van der Waals surface area contributed by atoms with E-state index in [-0.39, 0.29) is 12.2 Å². The van der Waals surface area contributed by atoms with Crippen LogP contribution in [0.4, 0.5) is 39.5 Å². The summed E-state index contributed by atoms with van der Waals surface area (Å²) < 4.78 is 108. The van der Waals surface area contributed by atoms with Gasteiger partial charge in [0.05, 0.1) is 12.7 Å². The highest BCUT2D eigenvalue weighted by Crippen LogP contribution is 2.32. The number of halogens is 9. The lowest BCUT2D eigenvalue weighted by atomic mass is 10.0. The van der Waals surface area contributed by atoms with Crippen molar-refractivity contribution in [2.45, 2.75) is 62.8 Å². The Morgan fingerprint density at radius 1 is 0.822 bits per heavy atom. The van der Waals surface area contributed by atoms with Crippen molar-refractivity contribution in [1.82, 2.24) is 14.9 Å². The molecule has 20 heteroatoms. The van der Waals surface area contributed by atoms with E-state index in [2.05, 4.69) is 20.9 Å². The minimum absolute atomic E-state index is 0.125. The van der Waals surface area contributed by atoms with Gasteiger partial charge in [0.25, 0.3) is 0 Å². The molecule has 45 heavy (non-hydrogen) atoms. The number of fused-ring (bicyclic) bond motifs is 1. The molecule has 0 saturated carbocycles. The van der Waals surface area contributed by atoms with Crippen molar-refractivity contribution in [3.8, 4) is 0 Å². The number of aromatic nitrogens is 2. The molecule has 0 aromatic carbocycles. The molecule has 2 aromatic heterocycles. The molecule has 0 bridgehead atoms. The van der Waals surface area contributed by atoms with Gasteiger partial charge in [-0.15, -0.1) is 0 Å². The van der Waals surface area contributed by atoms with E-state index in [1.54, 1.807) is 0 Å². The first-order chi connectivity index (χ1) is 20.7. The quantitative estimate of drug-likeness (QED) is 0.390. The van der Waals surface area contributed by atoms with Crippen LogP contribution in [0.15, 0.2) is 49.1 Å². The lowest BCUT2D eigenvalue weighted by molar-refractivity contribution is -0.193. The van der Waals surface area contributed by atoms with Crippen LogP contribution in [-0.2, 0) is 37.0 Å². The van der Waals surface area contributed by atoms with Crippen molar-refractivity contribution in [2.75, 3.05) is 13.2 Å². The number of nitrogens with zero attached hydrogens (tertiary/aromatic N) is 3. The molecule has 4 heterocycles. The van der Waals surface area contributed by atoms with Gasteiger partial charge in [-0.1, -0.05) is 6.07 Å². The molecule has 2 saturated heterocycles. The van der Waals surface area contributed by atoms with E-state index in [1.807, 2.05) is 43.0 Å². The van der Waals surface area contributed by atoms with Crippen molar-refractivity contribution in [3.63, 3.8) is 0 Å². The average molecular weight is 667 g/mol. The Hall–Kier alpha value is -4.04. The number of carbonyl (C=O) groups is 3. The highest BCUT2D eigenvalue weighted by Gasteiger charge is 2.44.